The molecule has 2 nitrogen and oxygen atoms in total. The predicted octanol–water partition coefficient (Wildman–Crippen LogP) is 4.45. The van der Waals surface area contributed by atoms with Crippen LogP contribution in [0.3, 0.4) is 0 Å². The highest BCUT2D eigenvalue weighted by molar-refractivity contribution is 5.76. The lowest BCUT2D eigenvalue weighted by Gasteiger charge is -2.27. The van der Waals surface area contributed by atoms with Gasteiger partial charge in [-0.3, -0.25) is 4.79 Å². The molecule has 0 fully saturated rings. The van der Waals surface area contributed by atoms with Gasteiger partial charge in [-0.15, -0.1) is 0 Å². The van der Waals surface area contributed by atoms with Crippen LogP contribution in [0, 0.1) is 22.7 Å². The summed E-state index contributed by atoms with van der Waals surface area (Å²) in [5.74, 6) is 0.724. The van der Waals surface area contributed by atoms with Gasteiger partial charge >= 0.3 is 5.97 Å². The van der Waals surface area contributed by atoms with E-state index in [1.807, 2.05) is 33.8 Å². The second-order valence-electron chi connectivity index (χ2n) is 6.85. The van der Waals surface area contributed by atoms with Crippen LogP contribution in [0.2, 0.25) is 0 Å². The summed E-state index contributed by atoms with van der Waals surface area (Å²) in [6.07, 6.45) is 4.08. The summed E-state index contributed by atoms with van der Waals surface area (Å²) in [4.78, 5) is 11.9. The van der Waals surface area contributed by atoms with E-state index >= 15 is 0 Å². The molecule has 0 heterocycles. The Morgan fingerprint density at radius 2 is 1.56 bits per heavy atom. The van der Waals surface area contributed by atoms with Gasteiger partial charge in [-0.2, -0.15) is 0 Å². The zero-order valence-corrected chi connectivity index (χ0v) is 13.3. The minimum absolute atomic E-state index is 0.121. The SMILES string of the molecule is CC(C)C(C)(C)/C=C/COC(=O)C(C)(C)C(C)C. The van der Waals surface area contributed by atoms with Crippen LogP contribution in [0.1, 0.15) is 55.4 Å². The molecule has 0 saturated carbocycles. The molecule has 0 amide bonds. The highest BCUT2D eigenvalue weighted by Crippen LogP contribution is 2.28. The quantitative estimate of drug-likeness (QED) is 0.517. The van der Waals surface area contributed by atoms with Crippen LogP contribution in [0.25, 0.3) is 0 Å². The molecule has 0 bridgehead atoms. The van der Waals surface area contributed by atoms with E-state index in [4.69, 9.17) is 4.74 Å². The smallest absolute Gasteiger partial charge is 0.312 e. The van der Waals surface area contributed by atoms with Gasteiger partial charge in [-0.25, -0.2) is 0 Å². The average Bonchev–Trinajstić information content (AvgIpc) is 2.23. The van der Waals surface area contributed by atoms with Crippen molar-refractivity contribution in [2.75, 3.05) is 6.61 Å². The zero-order valence-electron chi connectivity index (χ0n) is 13.3. The number of hydrogen-bond donors (Lipinski definition) is 0. The van der Waals surface area contributed by atoms with Crippen LogP contribution in [-0.2, 0) is 9.53 Å². The van der Waals surface area contributed by atoms with E-state index in [2.05, 4.69) is 33.8 Å². The van der Waals surface area contributed by atoms with Crippen molar-refractivity contribution in [3.63, 3.8) is 0 Å². The standard InChI is InChI=1S/C16H30O2/c1-12(2)15(5,6)10-9-11-18-14(17)16(7,8)13(3)4/h9-10,12-13H,11H2,1-8H3/b10-9+. The minimum Gasteiger partial charge on any atom is -0.461 e. The van der Waals surface area contributed by atoms with Crippen molar-refractivity contribution in [3.8, 4) is 0 Å². The van der Waals surface area contributed by atoms with Gasteiger partial charge in [0, 0.05) is 0 Å². The molecule has 0 radical (unpaired) electrons. The van der Waals surface area contributed by atoms with Crippen LogP contribution < -0.4 is 0 Å². The summed E-state index contributed by atoms with van der Waals surface area (Å²) in [6.45, 7) is 17.1. The zero-order chi connectivity index (χ0) is 14.6. The fourth-order valence-electron chi connectivity index (χ4n) is 1.09. The van der Waals surface area contributed by atoms with Crippen LogP contribution in [-0.4, -0.2) is 12.6 Å². The molecule has 106 valence electrons. The third-order valence-corrected chi connectivity index (χ3v) is 4.32. The van der Waals surface area contributed by atoms with E-state index < -0.39 is 5.41 Å². The Morgan fingerprint density at radius 3 is 1.94 bits per heavy atom. The first kappa shape index (κ1) is 17.2. The second kappa shape index (κ2) is 6.40. The number of carbonyl (C=O) groups excluding carboxylic acids is 1. The summed E-state index contributed by atoms with van der Waals surface area (Å²) in [5.41, 5.74) is -0.276. The van der Waals surface area contributed by atoms with Gasteiger partial charge < -0.3 is 4.74 Å². The maximum Gasteiger partial charge on any atom is 0.312 e. The van der Waals surface area contributed by atoms with Gasteiger partial charge in [0.1, 0.15) is 6.61 Å². The molecular weight excluding hydrogens is 224 g/mol. The Hall–Kier alpha value is -0.790. The first-order chi connectivity index (χ1) is 8.01. The van der Waals surface area contributed by atoms with E-state index in [0.29, 0.717) is 12.5 Å². The molecule has 0 aliphatic heterocycles. The molecular formula is C16H30O2. The summed E-state index contributed by atoms with van der Waals surface area (Å²) in [5, 5.41) is 0. The van der Waals surface area contributed by atoms with Crippen molar-refractivity contribution >= 4 is 5.97 Å². The van der Waals surface area contributed by atoms with Gasteiger partial charge in [-0.1, -0.05) is 53.7 Å². The summed E-state index contributed by atoms with van der Waals surface area (Å²) in [6, 6.07) is 0. The molecule has 0 aromatic rings. The monoisotopic (exact) mass is 254 g/mol. The third-order valence-electron chi connectivity index (χ3n) is 4.32. The number of rotatable bonds is 6. The lowest BCUT2D eigenvalue weighted by molar-refractivity contribution is -0.155. The van der Waals surface area contributed by atoms with Crippen molar-refractivity contribution in [3.05, 3.63) is 12.2 Å². The topological polar surface area (TPSA) is 26.3 Å². The fraction of sp³-hybridized carbons (Fsp3) is 0.812. The molecule has 2 heteroatoms. The van der Waals surface area contributed by atoms with Gasteiger partial charge in [0.15, 0.2) is 0 Å². The highest BCUT2D eigenvalue weighted by atomic mass is 16.5. The molecule has 0 saturated heterocycles. The molecule has 18 heavy (non-hydrogen) atoms. The molecule has 0 spiro atoms. The van der Waals surface area contributed by atoms with Crippen LogP contribution in [0.5, 0.6) is 0 Å². The van der Waals surface area contributed by atoms with E-state index in [9.17, 15) is 4.79 Å². The Bertz CT molecular complexity index is 296. The van der Waals surface area contributed by atoms with E-state index in [-0.39, 0.29) is 17.3 Å². The second-order valence-corrected chi connectivity index (χ2v) is 6.85. The Kier molecular flexibility index (Phi) is 6.12. The van der Waals surface area contributed by atoms with Crippen molar-refractivity contribution < 1.29 is 9.53 Å². The largest absolute Gasteiger partial charge is 0.461 e. The number of allylic oxidation sites excluding steroid dienone is 1. The lowest BCUT2D eigenvalue weighted by atomic mass is 9.81. The van der Waals surface area contributed by atoms with Gasteiger partial charge in [0.25, 0.3) is 0 Å². The van der Waals surface area contributed by atoms with E-state index in [1.165, 1.54) is 0 Å². The first-order valence-corrected chi connectivity index (χ1v) is 6.86. The van der Waals surface area contributed by atoms with Gasteiger partial charge in [0.2, 0.25) is 0 Å². The normalized spacial score (nSPS) is 13.7. The molecule has 0 atom stereocenters. The lowest BCUT2D eigenvalue weighted by Crippen LogP contribution is -2.31. The molecule has 0 aliphatic carbocycles. The van der Waals surface area contributed by atoms with Crippen LogP contribution >= 0.6 is 0 Å². The summed E-state index contributed by atoms with van der Waals surface area (Å²) in [7, 11) is 0. The number of ether oxygens (including phenoxy) is 1. The fourth-order valence-corrected chi connectivity index (χ4v) is 1.09. The minimum atomic E-state index is -0.415. The predicted molar refractivity (Wildman–Crippen MR) is 77.3 cm³/mol. The van der Waals surface area contributed by atoms with Crippen molar-refractivity contribution in [2.24, 2.45) is 22.7 Å². The average molecular weight is 254 g/mol. The van der Waals surface area contributed by atoms with E-state index in [0.717, 1.165) is 0 Å². The maximum atomic E-state index is 11.9. The number of esters is 1. The Balaban J connectivity index is 4.30. The number of hydrogen-bond acceptors (Lipinski definition) is 2. The Labute approximate surface area is 113 Å². The molecule has 0 aliphatic rings. The molecule has 0 aromatic heterocycles. The summed E-state index contributed by atoms with van der Waals surface area (Å²) < 4.78 is 5.32. The van der Waals surface area contributed by atoms with Crippen molar-refractivity contribution in [1.82, 2.24) is 0 Å². The summed E-state index contributed by atoms with van der Waals surface area (Å²) >= 11 is 0. The van der Waals surface area contributed by atoms with Crippen molar-refractivity contribution in [1.29, 1.82) is 0 Å². The van der Waals surface area contributed by atoms with Crippen molar-refractivity contribution in [2.45, 2.75) is 55.4 Å². The van der Waals surface area contributed by atoms with E-state index in [1.54, 1.807) is 0 Å². The molecule has 0 rings (SSSR count). The number of carbonyl (C=O) groups is 1. The maximum absolute atomic E-state index is 11.9. The van der Waals surface area contributed by atoms with Gasteiger partial charge in [0.05, 0.1) is 5.41 Å². The third kappa shape index (κ3) is 4.83. The van der Waals surface area contributed by atoms with Crippen LogP contribution in [0.4, 0.5) is 0 Å². The molecule has 0 aromatic carbocycles. The highest BCUT2D eigenvalue weighted by Gasteiger charge is 2.32. The van der Waals surface area contributed by atoms with Gasteiger partial charge in [-0.05, 0) is 31.1 Å². The molecule has 0 unspecified atom stereocenters. The first-order valence-electron chi connectivity index (χ1n) is 6.86. The Morgan fingerprint density at radius 1 is 1.06 bits per heavy atom. The molecule has 0 N–H and O–H groups in total. The van der Waals surface area contributed by atoms with Crippen LogP contribution in [0.15, 0.2) is 12.2 Å².